The van der Waals surface area contributed by atoms with Crippen LogP contribution in [0.3, 0.4) is 0 Å². The molecule has 23 heavy (non-hydrogen) atoms. The SMILES string of the molecule is CCOc1ccc(/C=C/C(=O)NNC(=S)NC2CCCC2)cc1. The van der Waals surface area contributed by atoms with Gasteiger partial charge in [-0.15, -0.1) is 0 Å². The predicted octanol–water partition coefficient (Wildman–Crippen LogP) is 2.54. The molecule has 6 heteroatoms. The van der Waals surface area contributed by atoms with Crippen molar-refractivity contribution in [3.05, 3.63) is 35.9 Å². The molecule has 1 saturated carbocycles. The zero-order valence-corrected chi connectivity index (χ0v) is 14.1. The van der Waals surface area contributed by atoms with Crippen LogP contribution < -0.4 is 20.9 Å². The van der Waals surface area contributed by atoms with Crippen molar-refractivity contribution in [3.63, 3.8) is 0 Å². The first-order chi connectivity index (χ1) is 11.2. The van der Waals surface area contributed by atoms with Gasteiger partial charge in [-0.2, -0.15) is 0 Å². The number of nitrogens with one attached hydrogen (secondary N) is 3. The summed E-state index contributed by atoms with van der Waals surface area (Å²) in [5, 5.41) is 3.65. The Bertz CT molecular complexity index is 551. The Morgan fingerprint density at radius 3 is 2.61 bits per heavy atom. The van der Waals surface area contributed by atoms with Gasteiger partial charge in [0.2, 0.25) is 0 Å². The van der Waals surface area contributed by atoms with E-state index in [0.29, 0.717) is 17.8 Å². The third-order valence-electron chi connectivity index (χ3n) is 3.61. The first-order valence-electron chi connectivity index (χ1n) is 7.95. The number of carbonyl (C=O) groups is 1. The lowest BCUT2D eigenvalue weighted by Crippen LogP contribution is -2.48. The van der Waals surface area contributed by atoms with Crippen molar-refractivity contribution < 1.29 is 9.53 Å². The van der Waals surface area contributed by atoms with Gasteiger partial charge in [0.15, 0.2) is 5.11 Å². The fourth-order valence-electron chi connectivity index (χ4n) is 2.47. The normalized spacial score (nSPS) is 14.7. The molecule has 0 aliphatic heterocycles. The summed E-state index contributed by atoms with van der Waals surface area (Å²) in [6, 6.07) is 7.97. The van der Waals surface area contributed by atoms with Gasteiger partial charge in [-0.3, -0.25) is 15.6 Å². The number of thiocarbonyl (C=S) groups is 1. The van der Waals surface area contributed by atoms with E-state index < -0.39 is 0 Å². The monoisotopic (exact) mass is 333 g/mol. The van der Waals surface area contributed by atoms with Gasteiger partial charge in [0.05, 0.1) is 6.61 Å². The summed E-state index contributed by atoms with van der Waals surface area (Å²) in [6.45, 7) is 2.58. The van der Waals surface area contributed by atoms with Crippen LogP contribution in [0.5, 0.6) is 5.75 Å². The molecule has 1 aliphatic rings. The van der Waals surface area contributed by atoms with Crippen LogP contribution in [-0.2, 0) is 4.79 Å². The van der Waals surface area contributed by atoms with E-state index in [0.717, 1.165) is 24.2 Å². The van der Waals surface area contributed by atoms with Crippen LogP contribution in [0.2, 0.25) is 0 Å². The molecule has 2 rings (SSSR count). The molecule has 0 heterocycles. The van der Waals surface area contributed by atoms with Crippen LogP contribution in [0.25, 0.3) is 6.08 Å². The van der Waals surface area contributed by atoms with Crippen LogP contribution in [0, 0.1) is 0 Å². The number of carbonyl (C=O) groups excluding carboxylic acids is 1. The molecular weight excluding hydrogens is 310 g/mol. The molecular formula is C17H23N3O2S. The van der Waals surface area contributed by atoms with Gasteiger partial charge in [0.1, 0.15) is 5.75 Å². The topological polar surface area (TPSA) is 62.4 Å². The smallest absolute Gasteiger partial charge is 0.262 e. The van der Waals surface area contributed by atoms with E-state index in [-0.39, 0.29) is 5.91 Å². The molecule has 1 amide bonds. The Kier molecular flexibility index (Phi) is 6.87. The second-order valence-electron chi connectivity index (χ2n) is 5.40. The Labute approximate surface area is 142 Å². The van der Waals surface area contributed by atoms with Crippen molar-refractivity contribution in [3.8, 4) is 5.75 Å². The fraction of sp³-hybridized carbons (Fsp3) is 0.412. The van der Waals surface area contributed by atoms with Crippen LogP contribution in [0.4, 0.5) is 0 Å². The van der Waals surface area contributed by atoms with E-state index in [2.05, 4.69) is 16.2 Å². The van der Waals surface area contributed by atoms with Crippen LogP contribution >= 0.6 is 12.2 Å². The lowest BCUT2D eigenvalue weighted by molar-refractivity contribution is -0.116. The minimum atomic E-state index is -0.255. The highest BCUT2D eigenvalue weighted by molar-refractivity contribution is 7.80. The maximum atomic E-state index is 11.8. The molecule has 0 radical (unpaired) electrons. The predicted molar refractivity (Wildman–Crippen MR) is 95.9 cm³/mol. The van der Waals surface area contributed by atoms with Gasteiger partial charge >= 0.3 is 0 Å². The van der Waals surface area contributed by atoms with E-state index in [1.807, 2.05) is 31.2 Å². The largest absolute Gasteiger partial charge is 0.494 e. The molecule has 124 valence electrons. The van der Waals surface area contributed by atoms with E-state index in [1.54, 1.807) is 6.08 Å². The van der Waals surface area contributed by atoms with E-state index in [9.17, 15) is 4.79 Å². The number of hydrogen-bond acceptors (Lipinski definition) is 3. The van der Waals surface area contributed by atoms with E-state index in [4.69, 9.17) is 17.0 Å². The summed E-state index contributed by atoms with van der Waals surface area (Å²) < 4.78 is 5.37. The maximum absolute atomic E-state index is 11.8. The Morgan fingerprint density at radius 2 is 1.96 bits per heavy atom. The Hall–Kier alpha value is -2.08. The summed E-state index contributed by atoms with van der Waals surface area (Å²) >= 11 is 5.15. The van der Waals surface area contributed by atoms with Crippen molar-refractivity contribution in [1.82, 2.24) is 16.2 Å². The highest BCUT2D eigenvalue weighted by atomic mass is 32.1. The molecule has 5 nitrogen and oxygen atoms in total. The van der Waals surface area contributed by atoms with Gasteiger partial charge in [0, 0.05) is 12.1 Å². The number of hydrogen-bond donors (Lipinski definition) is 3. The quantitative estimate of drug-likeness (QED) is 0.439. The average Bonchev–Trinajstić information content (AvgIpc) is 3.05. The van der Waals surface area contributed by atoms with Crippen molar-refractivity contribution in [2.45, 2.75) is 38.6 Å². The molecule has 0 spiro atoms. The summed E-state index contributed by atoms with van der Waals surface area (Å²) in [4.78, 5) is 11.8. The molecule has 0 atom stereocenters. The van der Waals surface area contributed by atoms with Crippen molar-refractivity contribution in [2.24, 2.45) is 0 Å². The van der Waals surface area contributed by atoms with Crippen molar-refractivity contribution >= 4 is 29.3 Å². The number of rotatable bonds is 5. The van der Waals surface area contributed by atoms with E-state index >= 15 is 0 Å². The van der Waals surface area contributed by atoms with Crippen molar-refractivity contribution in [2.75, 3.05) is 6.61 Å². The first-order valence-corrected chi connectivity index (χ1v) is 8.35. The minimum absolute atomic E-state index is 0.255. The zero-order valence-electron chi connectivity index (χ0n) is 13.3. The fourth-order valence-corrected chi connectivity index (χ4v) is 2.68. The van der Waals surface area contributed by atoms with Gasteiger partial charge in [-0.05, 0) is 55.8 Å². The lowest BCUT2D eigenvalue weighted by Gasteiger charge is -2.15. The van der Waals surface area contributed by atoms with Gasteiger partial charge in [0.25, 0.3) is 5.91 Å². The first kappa shape index (κ1) is 17.3. The third-order valence-corrected chi connectivity index (χ3v) is 3.83. The third kappa shape index (κ3) is 6.28. The molecule has 0 aromatic heterocycles. The minimum Gasteiger partial charge on any atom is -0.494 e. The zero-order chi connectivity index (χ0) is 16.5. The molecule has 1 aliphatic carbocycles. The van der Waals surface area contributed by atoms with E-state index in [1.165, 1.54) is 18.9 Å². The maximum Gasteiger partial charge on any atom is 0.262 e. The lowest BCUT2D eigenvalue weighted by atomic mass is 10.2. The number of benzene rings is 1. The molecule has 0 unspecified atom stereocenters. The molecule has 1 fully saturated rings. The highest BCUT2D eigenvalue weighted by Gasteiger charge is 2.15. The summed E-state index contributed by atoms with van der Waals surface area (Å²) in [7, 11) is 0. The Morgan fingerprint density at radius 1 is 1.26 bits per heavy atom. The second-order valence-corrected chi connectivity index (χ2v) is 5.81. The molecule has 0 bridgehead atoms. The van der Waals surface area contributed by atoms with Gasteiger partial charge < -0.3 is 10.1 Å². The number of amides is 1. The highest BCUT2D eigenvalue weighted by Crippen LogP contribution is 2.17. The number of hydrazine groups is 1. The van der Waals surface area contributed by atoms with Gasteiger partial charge in [-0.1, -0.05) is 25.0 Å². The summed E-state index contributed by atoms with van der Waals surface area (Å²) in [6.07, 6.45) is 7.93. The van der Waals surface area contributed by atoms with Crippen molar-refractivity contribution in [1.29, 1.82) is 0 Å². The number of ether oxygens (including phenoxy) is 1. The second kappa shape index (κ2) is 9.15. The standard InChI is InChI=1S/C17H23N3O2S/c1-2-22-15-10-7-13(8-11-15)9-12-16(21)19-20-17(23)18-14-5-3-4-6-14/h7-12,14H,2-6H2,1H3,(H,19,21)(H2,18,20,23)/b12-9+. The van der Waals surface area contributed by atoms with Crippen LogP contribution in [0.1, 0.15) is 38.2 Å². The molecule has 1 aromatic rings. The summed E-state index contributed by atoms with van der Waals surface area (Å²) in [5.41, 5.74) is 6.20. The Balaban J connectivity index is 1.71. The average molecular weight is 333 g/mol. The molecule has 3 N–H and O–H groups in total. The van der Waals surface area contributed by atoms with Crippen LogP contribution in [0.15, 0.2) is 30.3 Å². The molecule has 0 saturated heterocycles. The summed E-state index contributed by atoms with van der Waals surface area (Å²) in [5.74, 6) is 0.563. The van der Waals surface area contributed by atoms with Crippen LogP contribution in [-0.4, -0.2) is 23.7 Å². The molecule has 1 aromatic carbocycles. The van der Waals surface area contributed by atoms with Gasteiger partial charge in [-0.25, -0.2) is 0 Å².